The Hall–Kier alpha value is -4.80. The highest BCUT2D eigenvalue weighted by molar-refractivity contribution is 6.16. The van der Waals surface area contributed by atoms with E-state index >= 15 is 0 Å². The van der Waals surface area contributed by atoms with Crippen LogP contribution in [-0.4, -0.2) is 43.7 Å². The lowest BCUT2D eigenvalue weighted by Gasteiger charge is -2.10. The lowest BCUT2D eigenvalue weighted by molar-refractivity contribution is -0.135. The van der Waals surface area contributed by atoms with Crippen LogP contribution in [0.25, 0.3) is 0 Å². The quantitative estimate of drug-likeness (QED) is 0.385. The Morgan fingerprint density at radius 1 is 1.00 bits per heavy atom. The van der Waals surface area contributed by atoms with E-state index in [4.69, 9.17) is 31.3 Å². The lowest BCUT2D eigenvalue weighted by atomic mass is 9.98. The standard InChI is InChI=1S/C19H16N6O.2C2H4O2/c20-18(26)12-3-1-2-11(8-12)17-15-9-14(5-4-13(15)10-23-17)24-16-6-7-22-19(21)25-16;2*1-2(3)4/h1-9H,10H2,(H2,20,26)(H3,21,22,24,25);2*1H3,(H,3,4). The van der Waals surface area contributed by atoms with Crippen LogP contribution in [0.5, 0.6) is 0 Å². The first-order valence-corrected chi connectivity index (χ1v) is 9.89. The Bertz CT molecular complexity index is 1220. The fourth-order valence-corrected chi connectivity index (χ4v) is 2.92. The molecule has 0 spiro atoms. The van der Waals surface area contributed by atoms with E-state index in [0.717, 1.165) is 41.9 Å². The van der Waals surface area contributed by atoms with Crippen molar-refractivity contribution in [3.63, 3.8) is 0 Å². The van der Waals surface area contributed by atoms with Gasteiger partial charge < -0.3 is 27.0 Å². The van der Waals surface area contributed by atoms with E-state index in [0.29, 0.717) is 17.9 Å². The summed E-state index contributed by atoms with van der Waals surface area (Å²) in [6, 6.07) is 14.9. The van der Waals surface area contributed by atoms with Gasteiger partial charge in [0.1, 0.15) is 5.82 Å². The second-order valence-corrected chi connectivity index (χ2v) is 6.94. The third-order valence-electron chi connectivity index (χ3n) is 4.14. The van der Waals surface area contributed by atoms with Crippen molar-refractivity contribution in [2.24, 2.45) is 10.7 Å². The number of rotatable bonds is 4. The minimum Gasteiger partial charge on any atom is -0.481 e. The van der Waals surface area contributed by atoms with Gasteiger partial charge in [-0.05, 0) is 35.9 Å². The van der Waals surface area contributed by atoms with E-state index in [9.17, 15) is 4.79 Å². The molecule has 2 aromatic carbocycles. The smallest absolute Gasteiger partial charge is 0.300 e. The predicted molar refractivity (Wildman–Crippen MR) is 127 cm³/mol. The Morgan fingerprint density at radius 3 is 2.29 bits per heavy atom. The van der Waals surface area contributed by atoms with Gasteiger partial charge in [0, 0.05) is 42.4 Å². The number of aromatic nitrogens is 2. The monoisotopic (exact) mass is 464 g/mol. The van der Waals surface area contributed by atoms with Crippen molar-refractivity contribution >= 4 is 41.0 Å². The predicted octanol–water partition coefficient (Wildman–Crippen LogP) is 2.43. The number of nitrogens with zero attached hydrogens (tertiary/aromatic N) is 3. The highest BCUT2D eigenvalue weighted by Gasteiger charge is 2.19. The first kappa shape index (κ1) is 25.5. The number of carboxylic acids is 2. The molecule has 0 saturated carbocycles. The van der Waals surface area contributed by atoms with Gasteiger partial charge in [0.2, 0.25) is 11.9 Å². The average molecular weight is 464 g/mol. The molecule has 1 aromatic heterocycles. The summed E-state index contributed by atoms with van der Waals surface area (Å²) in [6.45, 7) is 2.77. The summed E-state index contributed by atoms with van der Waals surface area (Å²) in [4.78, 5) is 42.1. The maximum atomic E-state index is 11.4. The summed E-state index contributed by atoms with van der Waals surface area (Å²) in [5.41, 5.74) is 16.2. The van der Waals surface area contributed by atoms with Gasteiger partial charge in [-0.15, -0.1) is 0 Å². The van der Waals surface area contributed by atoms with Gasteiger partial charge in [0.15, 0.2) is 0 Å². The van der Waals surface area contributed by atoms with Crippen LogP contribution < -0.4 is 16.8 Å². The van der Waals surface area contributed by atoms with E-state index in [1.165, 1.54) is 0 Å². The molecule has 1 aliphatic heterocycles. The highest BCUT2D eigenvalue weighted by Crippen LogP contribution is 2.27. The van der Waals surface area contributed by atoms with Gasteiger partial charge in [-0.1, -0.05) is 18.2 Å². The Morgan fingerprint density at radius 2 is 1.68 bits per heavy atom. The Balaban J connectivity index is 0.000000446. The van der Waals surface area contributed by atoms with Crippen LogP contribution in [0.2, 0.25) is 0 Å². The SMILES string of the molecule is CC(=O)O.CC(=O)O.NC(=O)c1cccc(C2=NCc3ccc(Nc4ccnc(N)n4)cc32)c1. The van der Waals surface area contributed by atoms with Gasteiger partial charge >= 0.3 is 0 Å². The second kappa shape index (κ2) is 11.7. The molecule has 0 saturated heterocycles. The number of aliphatic imine (C=N–C) groups is 1. The normalized spacial score (nSPS) is 10.9. The number of carboxylic acid groups (broad SMARTS) is 2. The zero-order valence-corrected chi connectivity index (χ0v) is 18.5. The molecule has 0 radical (unpaired) electrons. The van der Waals surface area contributed by atoms with Gasteiger partial charge in [-0.25, -0.2) is 4.98 Å². The molecule has 0 fully saturated rings. The molecule has 4 rings (SSSR count). The van der Waals surface area contributed by atoms with Crippen molar-refractivity contribution in [1.82, 2.24) is 9.97 Å². The number of amides is 1. The van der Waals surface area contributed by atoms with Crippen molar-refractivity contribution in [3.05, 3.63) is 77.0 Å². The molecular weight excluding hydrogens is 440 g/mol. The average Bonchev–Trinajstić information content (AvgIpc) is 3.16. The van der Waals surface area contributed by atoms with Crippen LogP contribution in [0.4, 0.5) is 17.5 Å². The molecule has 0 unspecified atom stereocenters. The van der Waals surface area contributed by atoms with E-state index < -0.39 is 17.8 Å². The number of anilines is 3. The molecule has 11 nitrogen and oxygen atoms in total. The maximum absolute atomic E-state index is 11.4. The molecule has 7 N–H and O–H groups in total. The van der Waals surface area contributed by atoms with Crippen molar-refractivity contribution in [1.29, 1.82) is 0 Å². The lowest BCUT2D eigenvalue weighted by Crippen LogP contribution is -2.12. The number of aliphatic carboxylic acids is 2. The summed E-state index contributed by atoms with van der Waals surface area (Å²) < 4.78 is 0. The summed E-state index contributed by atoms with van der Waals surface area (Å²) in [5.74, 6) is -1.30. The zero-order valence-electron chi connectivity index (χ0n) is 18.5. The molecule has 1 aliphatic rings. The number of hydrogen-bond acceptors (Lipinski definition) is 8. The minimum atomic E-state index is -0.833. The molecule has 11 heteroatoms. The fourth-order valence-electron chi connectivity index (χ4n) is 2.92. The molecule has 0 atom stereocenters. The van der Waals surface area contributed by atoms with Gasteiger partial charge in [0.25, 0.3) is 11.9 Å². The molecule has 0 bridgehead atoms. The number of nitrogens with one attached hydrogen (secondary N) is 1. The molecular formula is C23H24N6O5. The highest BCUT2D eigenvalue weighted by atomic mass is 16.4. The number of nitrogen functional groups attached to an aromatic ring is 1. The van der Waals surface area contributed by atoms with E-state index in [1.54, 1.807) is 24.4 Å². The number of primary amides is 1. The number of carbonyl (C=O) groups is 3. The maximum Gasteiger partial charge on any atom is 0.300 e. The summed E-state index contributed by atoms with van der Waals surface area (Å²) >= 11 is 0. The van der Waals surface area contributed by atoms with Crippen molar-refractivity contribution in [3.8, 4) is 0 Å². The van der Waals surface area contributed by atoms with Crippen LogP contribution in [0.3, 0.4) is 0 Å². The first-order valence-electron chi connectivity index (χ1n) is 9.89. The van der Waals surface area contributed by atoms with Crippen LogP contribution in [0, 0.1) is 0 Å². The third kappa shape index (κ3) is 7.71. The summed E-state index contributed by atoms with van der Waals surface area (Å²) in [7, 11) is 0. The van der Waals surface area contributed by atoms with Gasteiger partial charge in [-0.2, -0.15) is 4.98 Å². The number of nitrogens with two attached hydrogens (primary N) is 2. The van der Waals surface area contributed by atoms with E-state index in [1.807, 2.05) is 30.3 Å². The zero-order chi connectivity index (χ0) is 25.3. The minimum absolute atomic E-state index is 0.210. The Labute approximate surface area is 195 Å². The largest absolute Gasteiger partial charge is 0.481 e. The summed E-state index contributed by atoms with van der Waals surface area (Å²) in [5, 5.41) is 18.0. The fraction of sp³-hybridized carbons (Fsp3) is 0.130. The van der Waals surface area contributed by atoms with Crippen molar-refractivity contribution in [2.45, 2.75) is 20.4 Å². The van der Waals surface area contributed by atoms with Crippen LogP contribution in [0.15, 0.2) is 59.7 Å². The Kier molecular flexibility index (Phi) is 8.77. The van der Waals surface area contributed by atoms with Crippen molar-refractivity contribution in [2.75, 3.05) is 11.1 Å². The van der Waals surface area contributed by atoms with E-state index in [2.05, 4.69) is 20.3 Å². The molecule has 176 valence electrons. The number of fused-ring (bicyclic) bond motifs is 1. The molecule has 1 amide bonds. The molecule has 0 aliphatic carbocycles. The van der Waals surface area contributed by atoms with Gasteiger partial charge in [0.05, 0.1) is 12.3 Å². The molecule has 3 aromatic rings. The van der Waals surface area contributed by atoms with Crippen LogP contribution >= 0.6 is 0 Å². The third-order valence-corrected chi connectivity index (χ3v) is 4.14. The molecule has 2 heterocycles. The van der Waals surface area contributed by atoms with Gasteiger partial charge in [-0.3, -0.25) is 19.4 Å². The summed E-state index contributed by atoms with van der Waals surface area (Å²) in [6.07, 6.45) is 1.60. The topological polar surface area (TPSA) is 194 Å². The van der Waals surface area contributed by atoms with Crippen LogP contribution in [0.1, 0.15) is 40.9 Å². The van der Waals surface area contributed by atoms with Crippen LogP contribution in [-0.2, 0) is 16.1 Å². The van der Waals surface area contributed by atoms with Crippen molar-refractivity contribution < 1.29 is 24.6 Å². The second-order valence-electron chi connectivity index (χ2n) is 6.94. The number of carbonyl (C=O) groups excluding carboxylic acids is 1. The molecule has 34 heavy (non-hydrogen) atoms. The first-order chi connectivity index (χ1) is 16.1. The number of hydrogen-bond donors (Lipinski definition) is 5. The number of benzene rings is 2. The van der Waals surface area contributed by atoms with E-state index in [-0.39, 0.29) is 5.95 Å².